The number of amides is 2. The van der Waals surface area contributed by atoms with Gasteiger partial charge in [-0.15, -0.1) is 0 Å². The number of fused-ring (bicyclic) bond motifs is 1. The quantitative estimate of drug-likeness (QED) is 0.542. The van der Waals surface area contributed by atoms with Gasteiger partial charge in [0, 0.05) is 44.3 Å². The van der Waals surface area contributed by atoms with Crippen molar-refractivity contribution < 1.29 is 9.59 Å². The van der Waals surface area contributed by atoms with Crippen molar-refractivity contribution in [3.63, 3.8) is 0 Å². The summed E-state index contributed by atoms with van der Waals surface area (Å²) in [5.41, 5.74) is 0.662. The molecular weight excluding hydrogens is 296 g/mol. The van der Waals surface area contributed by atoms with Gasteiger partial charge in [0.1, 0.15) is 5.52 Å². The van der Waals surface area contributed by atoms with Crippen LogP contribution in [0.3, 0.4) is 0 Å². The topological polar surface area (TPSA) is 96.0 Å². The van der Waals surface area contributed by atoms with Gasteiger partial charge in [-0.05, 0) is 13.0 Å². The SMILES string of the molecule is CC=CCn1cc(C(=O)NCCNC(C)=O)c2cc[nH]c2c1=O. The molecule has 0 spiro atoms. The molecule has 0 aliphatic carbocycles. The Bertz CT molecular complexity index is 801. The standard InChI is InChI=1S/C16H20N4O3/c1-3-4-9-20-10-13(12-5-6-18-14(12)16(20)23)15(22)19-8-7-17-11(2)21/h3-6,10,18H,7-9H2,1-2H3,(H,17,21)(H,19,22). The number of aromatic nitrogens is 2. The van der Waals surface area contributed by atoms with E-state index >= 15 is 0 Å². The summed E-state index contributed by atoms with van der Waals surface area (Å²) in [6, 6.07) is 1.71. The summed E-state index contributed by atoms with van der Waals surface area (Å²) < 4.78 is 1.49. The number of rotatable bonds is 6. The molecule has 0 unspecified atom stereocenters. The van der Waals surface area contributed by atoms with Crippen molar-refractivity contribution in [3.05, 3.63) is 46.5 Å². The minimum Gasteiger partial charge on any atom is -0.357 e. The zero-order chi connectivity index (χ0) is 16.8. The van der Waals surface area contributed by atoms with E-state index in [9.17, 15) is 14.4 Å². The van der Waals surface area contributed by atoms with Gasteiger partial charge in [0.25, 0.3) is 11.5 Å². The molecule has 0 fully saturated rings. The van der Waals surface area contributed by atoms with E-state index in [1.807, 2.05) is 19.1 Å². The Morgan fingerprint density at radius 3 is 2.74 bits per heavy atom. The van der Waals surface area contributed by atoms with E-state index in [-0.39, 0.29) is 17.4 Å². The highest BCUT2D eigenvalue weighted by molar-refractivity contribution is 6.05. The first-order valence-electron chi connectivity index (χ1n) is 7.39. The molecule has 3 N–H and O–H groups in total. The first-order valence-corrected chi connectivity index (χ1v) is 7.39. The number of carbonyl (C=O) groups excluding carboxylic acids is 2. The van der Waals surface area contributed by atoms with Crippen molar-refractivity contribution in [1.82, 2.24) is 20.2 Å². The van der Waals surface area contributed by atoms with E-state index in [2.05, 4.69) is 15.6 Å². The lowest BCUT2D eigenvalue weighted by atomic mass is 10.1. The average molecular weight is 316 g/mol. The maximum Gasteiger partial charge on any atom is 0.275 e. The molecule has 0 atom stereocenters. The lowest BCUT2D eigenvalue weighted by Crippen LogP contribution is -2.34. The van der Waals surface area contributed by atoms with E-state index in [1.165, 1.54) is 11.5 Å². The van der Waals surface area contributed by atoms with Gasteiger partial charge in [0.2, 0.25) is 5.91 Å². The number of carbonyl (C=O) groups is 2. The zero-order valence-electron chi connectivity index (χ0n) is 13.2. The molecule has 0 aromatic carbocycles. The Labute approximate surface area is 133 Å². The van der Waals surface area contributed by atoms with Gasteiger partial charge < -0.3 is 20.2 Å². The molecule has 2 heterocycles. The number of nitrogens with one attached hydrogen (secondary N) is 3. The maximum atomic E-state index is 12.4. The molecule has 23 heavy (non-hydrogen) atoms. The minimum atomic E-state index is -0.283. The molecule has 0 bridgehead atoms. The second kappa shape index (κ2) is 7.44. The highest BCUT2D eigenvalue weighted by Crippen LogP contribution is 2.14. The molecule has 0 radical (unpaired) electrons. The summed E-state index contributed by atoms with van der Waals surface area (Å²) in [6.07, 6.45) is 6.89. The highest BCUT2D eigenvalue weighted by Gasteiger charge is 2.15. The van der Waals surface area contributed by atoms with Crippen LogP contribution in [0.25, 0.3) is 10.9 Å². The molecule has 2 aromatic heterocycles. The first-order chi connectivity index (χ1) is 11.0. The van der Waals surface area contributed by atoms with Crippen LogP contribution < -0.4 is 16.2 Å². The summed E-state index contributed by atoms with van der Waals surface area (Å²) in [7, 11) is 0. The Morgan fingerprint density at radius 1 is 1.30 bits per heavy atom. The van der Waals surface area contributed by atoms with Crippen LogP contribution >= 0.6 is 0 Å². The molecule has 2 amide bonds. The van der Waals surface area contributed by atoms with E-state index < -0.39 is 0 Å². The Morgan fingerprint density at radius 2 is 2.04 bits per heavy atom. The predicted molar refractivity (Wildman–Crippen MR) is 88.4 cm³/mol. The van der Waals surface area contributed by atoms with Crippen molar-refractivity contribution in [2.75, 3.05) is 13.1 Å². The van der Waals surface area contributed by atoms with Gasteiger partial charge >= 0.3 is 0 Å². The van der Waals surface area contributed by atoms with Crippen molar-refractivity contribution in [1.29, 1.82) is 0 Å². The van der Waals surface area contributed by atoms with Crippen LogP contribution in [0.15, 0.2) is 35.4 Å². The summed E-state index contributed by atoms with van der Waals surface area (Å²) >= 11 is 0. The van der Waals surface area contributed by atoms with Crippen LogP contribution in [0.1, 0.15) is 24.2 Å². The fourth-order valence-electron chi connectivity index (χ4n) is 2.24. The normalized spacial score (nSPS) is 11.0. The predicted octanol–water partition coefficient (Wildman–Crippen LogP) is 0.772. The number of pyridine rings is 1. The summed E-state index contributed by atoms with van der Waals surface area (Å²) in [6.45, 7) is 4.36. The van der Waals surface area contributed by atoms with Crippen molar-refractivity contribution in [3.8, 4) is 0 Å². The minimum absolute atomic E-state index is 0.146. The Hall–Kier alpha value is -2.83. The highest BCUT2D eigenvalue weighted by atomic mass is 16.2. The molecule has 2 aromatic rings. The molecule has 122 valence electrons. The smallest absolute Gasteiger partial charge is 0.275 e. The monoisotopic (exact) mass is 316 g/mol. The summed E-state index contributed by atoms with van der Waals surface area (Å²) in [5, 5.41) is 5.93. The molecule has 0 aliphatic rings. The van der Waals surface area contributed by atoms with Crippen molar-refractivity contribution in [2.45, 2.75) is 20.4 Å². The van der Waals surface area contributed by atoms with Crippen molar-refractivity contribution in [2.24, 2.45) is 0 Å². The second-order valence-electron chi connectivity index (χ2n) is 5.07. The second-order valence-corrected chi connectivity index (χ2v) is 5.07. The molecule has 0 saturated heterocycles. The Kier molecular flexibility index (Phi) is 5.35. The largest absolute Gasteiger partial charge is 0.357 e. The van der Waals surface area contributed by atoms with Crippen molar-refractivity contribution >= 4 is 22.7 Å². The third-order valence-corrected chi connectivity index (χ3v) is 3.36. The maximum absolute atomic E-state index is 12.4. The molecule has 7 nitrogen and oxygen atoms in total. The first kappa shape index (κ1) is 16.5. The number of H-pyrrole nitrogens is 1. The molecular formula is C16H20N4O3. The third-order valence-electron chi connectivity index (χ3n) is 3.36. The van der Waals surface area contributed by atoms with Gasteiger partial charge in [-0.1, -0.05) is 12.2 Å². The molecule has 0 saturated carbocycles. The van der Waals surface area contributed by atoms with Crippen LogP contribution in [-0.2, 0) is 11.3 Å². The number of hydrogen-bond donors (Lipinski definition) is 3. The van der Waals surface area contributed by atoms with Gasteiger partial charge in [-0.25, -0.2) is 0 Å². The lowest BCUT2D eigenvalue weighted by Gasteiger charge is -2.10. The van der Waals surface area contributed by atoms with Crippen LogP contribution in [0.4, 0.5) is 0 Å². The van der Waals surface area contributed by atoms with Gasteiger partial charge in [-0.3, -0.25) is 14.4 Å². The van der Waals surface area contributed by atoms with E-state index in [0.29, 0.717) is 36.1 Å². The van der Waals surface area contributed by atoms with E-state index in [1.54, 1.807) is 18.5 Å². The average Bonchev–Trinajstić information content (AvgIpc) is 3.00. The number of nitrogens with zero attached hydrogens (tertiary/aromatic N) is 1. The fraction of sp³-hybridized carbons (Fsp3) is 0.312. The van der Waals surface area contributed by atoms with Crippen LogP contribution in [0.2, 0.25) is 0 Å². The van der Waals surface area contributed by atoms with Crippen LogP contribution in [0.5, 0.6) is 0 Å². The number of hydrogen-bond acceptors (Lipinski definition) is 3. The van der Waals surface area contributed by atoms with Crippen LogP contribution in [-0.4, -0.2) is 34.5 Å². The van der Waals surface area contributed by atoms with E-state index in [0.717, 1.165) is 0 Å². The van der Waals surface area contributed by atoms with Gasteiger partial charge in [0.15, 0.2) is 0 Å². The zero-order valence-corrected chi connectivity index (χ0v) is 13.2. The number of allylic oxidation sites excluding steroid dienone is 2. The Balaban J connectivity index is 2.26. The van der Waals surface area contributed by atoms with Gasteiger partial charge in [-0.2, -0.15) is 0 Å². The van der Waals surface area contributed by atoms with Crippen LogP contribution in [0, 0.1) is 0 Å². The molecule has 0 aliphatic heterocycles. The molecule has 2 rings (SSSR count). The third kappa shape index (κ3) is 3.88. The van der Waals surface area contributed by atoms with Gasteiger partial charge in [0.05, 0.1) is 5.56 Å². The lowest BCUT2D eigenvalue weighted by molar-refractivity contribution is -0.118. The summed E-state index contributed by atoms with van der Waals surface area (Å²) in [5.74, 6) is -0.429. The fourth-order valence-corrected chi connectivity index (χ4v) is 2.24. The summed E-state index contributed by atoms with van der Waals surface area (Å²) in [4.78, 5) is 38.4. The number of aromatic amines is 1. The van der Waals surface area contributed by atoms with E-state index in [4.69, 9.17) is 0 Å². The molecule has 7 heteroatoms.